The third-order valence-corrected chi connectivity index (χ3v) is 4.28. The number of amides is 1. The van der Waals surface area contributed by atoms with E-state index in [1.54, 1.807) is 36.4 Å². The van der Waals surface area contributed by atoms with Crippen LogP contribution in [0.2, 0.25) is 0 Å². The van der Waals surface area contributed by atoms with Crippen molar-refractivity contribution in [2.75, 3.05) is 44.7 Å². The van der Waals surface area contributed by atoms with Gasteiger partial charge in [0.2, 0.25) is 0 Å². The minimum atomic E-state index is -0.242. The summed E-state index contributed by atoms with van der Waals surface area (Å²) in [5.41, 5.74) is 1.71. The quantitative estimate of drug-likeness (QED) is 0.714. The van der Waals surface area contributed by atoms with Crippen molar-refractivity contribution in [1.29, 1.82) is 0 Å². The Kier molecular flexibility index (Phi) is 6.45. The van der Waals surface area contributed by atoms with Crippen molar-refractivity contribution in [3.05, 3.63) is 47.7 Å². The summed E-state index contributed by atoms with van der Waals surface area (Å²) in [6.07, 6.45) is 0. The molecular formula is C19H23N5O3. The Morgan fingerprint density at radius 2 is 1.81 bits per heavy atom. The van der Waals surface area contributed by atoms with Crippen LogP contribution in [0.15, 0.2) is 36.4 Å². The number of morpholine rings is 1. The summed E-state index contributed by atoms with van der Waals surface area (Å²) in [6.45, 7) is 6.14. The third kappa shape index (κ3) is 5.57. The number of carbonyl (C=O) groups excluding carboxylic acids is 2. The highest BCUT2D eigenvalue weighted by molar-refractivity contribution is 5.94. The normalized spacial score (nSPS) is 14.6. The van der Waals surface area contributed by atoms with E-state index in [2.05, 4.69) is 25.7 Å². The van der Waals surface area contributed by atoms with Crippen LogP contribution in [0.4, 0.5) is 11.5 Å². The van der Waals surface area contributed by atoms with Gasteiger partial charge >= 0.3 is 0 Å². The zero-order valence-corrected chi connectivity index (χ0v) is 15.3. The molecule has 0 spiro atoms. The lowest BCUT2D eigenvalue weighted by Crippen LogP contribution is -2.41. The summed E-state index contributed by atoms with van der Waals surface area (Å²) in [5, 5.41) is 14.0. The van der Waals surface area contributed by atoms with Crippen molar-refractivity contribution in [2.24, 2.45) is 0 Å². The van der Waals surface area contributed by atoms with Gasteiger partial charge in [-0.2, -0.15) is 0 Å². The van der Waals surface area contributed by atoms with Gasteiger partial charge in [0, 0.05) is 37.4 Å². The molecule has 0 saturated carbocycles. The first kappa shape index (κ1) is 18.9. The lowest BCUT2D eigenvalue weighted by molar-refractivity contribution is 0.0383. The Morgan fingerprint density at radius 3 is 2.44 bits per heavy atom. The fraction of sp³-hybridized carbons (Fsp3) is 0.368. The van der Waals surface area contributed by atoms with E-state index >= 15 is 0 Å². The van der Waals surface area contributed by atoms with E-state index < -0.39 is 0 Å². The Hall–Kier alpha value is -2.84. The van der Waals surface area contributed by atoms with E-state index in [0.717, 1.165) is 38.5 Å². The maximum Gasteiger partial charge on any atom is 0.271 e. The molecule has 0 radical (unpaired) electrons. The molecule has 1 amide bonds. The summed E-state index contributed by atoms with van der Waals surface area (Å²) in [4.78, 5) is 25.7. The number of hydrogen-bond acceptors (Lipinski definition) is 7. The van der Waals surface area contributed by atoms with Gasteiger partial charge in [0.15, 0.2) is 17.3 Å². The standard InChI is InChI=1S/C19H23N5O3/c1-14(25)15-2-4-16(5-3-15)21-18-7-6-17(22-23-18)19(26)20-8-9-24-10-12-27-13-11-24/h2-7H,8-13H2,1H3,(H,20,26)(H,21,23). The number of carbonyl (C=O) groups is 2. The van der Waals surface area contributed by atoms with Crippen molar-refractivity contribution in [1.82, 2.24) is 20.4 Å². The second-order valence-corrected chi connectivity index (χ2v) is 6.27. The molecule has 1 saturated heterocycles. The van der Waals surface area contributed by atoms with Gasteiger partial charge in [-0.1, -0.05) is 0 Å². The van der Waals surface area contributed by atoms with E-state index in [4.69, 9.17) is 4.74 Å². The van der Waals surface area contributed by atoms with Crippen molar-refractivity contribution in [3.63, 3.8) is 0 Å². The smallest absolute Gasteiger partial charge is 0.271 e. The highest BCUT2D eigenvalue weighted by Gasteiger charge is 2.12. The van der Waals surface area contributed by atoms with E-state index in [-0.39, 0.29) is 17.4 Å². The van der Waals surface area contributed by atoms with Gasteiger partial charge in [0.05, 0.1) is 13.2 Å². The van der Waals surface area contributed by atoms with Crippen LogP contribution >= 0.6 is 0 Å². The molecule has 1 fully saturated rings. The van der Waals surface area contributed by atoms with E-state index in [0.29, 0.717) is 17.9 Å². The van der Waals surface area contributed by atoms with Crippen molar-refractivity contribution >= 4 is 23.2 Å². The number of ketones is 1. The Bertz CT molecular complexity index is 771. The molecule has 1 aromatic carbocycles. The van der Waals surface area contributed by atoms with Gasteiger partial charge in [0.25, 0.3) is 5.91 Å². The molecule has 2 heterocycles. The summed E-state index contributed by atoms with van der Waals surface area (Å²) in [6, 6.07) is 10.4. The Balaban J connectivity index is 1.48. The monoisotopic (exact) mass is 369 g/mol. The van der Waals surface area contributed by atoms with Crippen LogP contribution < -0.4 is 10.6 Å². The summed E-state index contributed by atoms with van der Waals surface area (Å²) < 4.78 is 5.30. The predicted octanol–water partition coefficient (Wildman–Crippen LogP) is 1.48. The summed E-state index contributed by atoms with van der Waals surface area (Å²) >= 11 is 0. The third-order valence-electron chi connectivity index (χ3n) is 4.28. The number of nitrogens with one attached hydrogen (secondary N) is 2. The largest absolute Gasteiger partial charge is 0.379 e. The lowest BCUT2D eigenvalue weighted by Gasteiger charge is -2.26. The number of Topliss-reactive ketones (excluding diaryl/α,β-unsaturated/α-hetero) is 1. The first-order chi connectivity index (χ1) is 13.1. The van der Waals surface area contributed by atoms with Crippen LogP contribution in [0, 0.1) is 0 Å². The van der Waals surface area contributed by atoms with Gasteiger partial charge in [-0.15, -0.1) is 10.2 Å². The molecule has 1 aliphatic rings. The minimum absolute atomic E-state index is 0.0188. The fourth-order valence-corrected chi connectivity index (χ4v) is 2.70. The molecule has 2 N–H and O–H groups in total. The molecule has 0 aliphatic carbocycles. The Morgan fingerprint density at radius 1 is 1.07 bits per heavy atom. The van der Waals surface area contributed by atoms with Crippen molar-refractivity contribution in [3.8, 4) is 0 Å². The van der Waals surface area contributed by atoms with Crippen LogP contribution in [-0.2, 0) is 4.74 Å². The van der Waals surface area contributed by atoms with Crippen LogP contribution in [0.25, 0.3) is 0 Å². The molecule has 1 aromatic heterocycles. The maximum atomic E-state index is 12.1. The fourth-order valence-electron chi connectivity index (χ4n) is 2.70. The first-order valence-electron chi connectivity index (χ1n) is 8.92. The zero-order valence-electron chi connectivity index (χ0n) is 15.3. The number of benzene rings is 1. The second kappa shape index (κ2) is 9.20. The van der Waals surface area contributed by atoms with Crippen LogP contribution in [0.5, 0.6) is 0 Å². The SMILES string of the molecule is CC(=O)c1ccc(Nc2ccc(C(=O)NCCN3CCOCC3)nn2)cc1. The van der Waals surface area contributed by atoms with Gasteiger partial charge < -0.3 is 15.4 Å². The van der Waals surface area contributed by atoms with Crippen molar-refractivity contribution in [2.45, 2.75) is 6.92 Å². The molecular weight excluding hydrogens is 346 g/mol. The number of aromatic nitrogens is 2. The van der Waals surface area contributed by atoms with Gasteiger partial charge in [-0.05, 0) is 43.3 Å². The minimum Gasteiger partial charge on any atom is -0.379 e. The average molecular weight is 369 g/mol. The molecule has 2 aromatic rings. The summed E-state index contributed by atoms with van der Waals surface area (Å²) in [5.74, 6) is 0.300. The van der Waals surface area contributed by atoms with Gasteiger partial charge in [-0.25, -0.2) is 0 Å². The van der Waals surface area contributed by atoms with E-state index in [1.807, 2.05) is 0 Å². The van der Waals surface area contributed by atoms with E-state index in [1.165, 1.54) is 6.92 Å². The first-order valence-corrected chi connectivity index (χ1v) is 8.92. The number of ether oxygens (including phenoxy) is 1. The molecule has 1 aliphatic heterocycles. The molecule has 27 heavy (non-hydrogen) atoms. The van der Waals surface area contributed by atoms with Crippen LogP contribution in [-0.4, -0.2) is 66.2 Å². The van der Waals surface area contributed by atoms with E-state index in [9.17, 15) is 9.59 Å². The van der Waals surface area contributed by atoms with Gasteiger partial charge in [0.1, 0.15) is 0 Å². The summed E-state index contributed by atoms with van der Waals surface area (Å²) in [7, 11) is 0. The highest BCUT2D eigenvalue weighted by atomic mass is 16.5. The van der Waals surface area contributed by atoms with Gasteiger partial charge in [-0.3, -0.25) is 14.5 Å². The molecule has 8 nitrogen and oxygen atoms in total. The molecule has 0 unspecified atom stereocenters. The van der Waals surface area contributed by atoms with Crippen molar-refractivity contribution < 1.29 is 14.3 Å². The van der Waals surface area contributed by atoms with Crippen LogP contribution in [0.3, 0.4) is 0 Å². The zero-order chi connectivity index (χ0) is 19.1. The average Bonchev–Trinajstić information content (AvgIpc) is 2.70. The second-order valence-electron chi connectivity index (χ2n) is 6.27. The lowest BCUT2D eigenvalue weighted by atomic mass is 10.1. The number of nitrogens with zero attached hydrogens (tertiary/aromatic N) is 3. The molecule has 0 atom stereocenters. The predicted molar refractivity (Wildman–Crippen MR) is 101 cm³/mol. The number of hydrogen-bond donors (Lipinski definition) is 2. The van der Waals surface area contributed by atoms with Crippen LogP contribution in [0.1, 0.15) is 27.8 Å². The molecule has 0 bridgehead atoms. The Labute approximate surface area is 157 Å². The number of rotatable bonds is 7. The molecule has 3 rings (SSSR count). The molecule has 8 heteroatoms. The highest BCUT2D eigenvalue weighted by Crippen LogP contribution is 2.15. The molecule has 142 valence electrons. The number of anilines is 2. The maximum absolute atomic E-state index is 12.1. The topological polar surface area (TPSA) is 96.5 Å².